The summed E-state index contributed by atoms with van der Waals surface area (Å²) in [6.07, 6.45) is 6.45. The fourth-order valence-electron chi connectivity index (χ4n) is 8.68. The number of allylic oxidation sites excluding steroid dienone is 1. The van der Waals surface area contributed by atoms with Crippen LogP contribution in [0.25, 0.3) is 0 Å². The van der Waals surface area contributed by atoms with E-state index in [1.54, 1.807) is 17.1 Å². The molecule has 0 aliphatic carbocycles. The highest BCUT2D eigenvalue weighted by atomic mass is 16.6. The van der Waals surface area contributed by atoms with E-state index in [-0.39, 0.29) is 38.0 Å². The molecule has 12 heteroatoms. The standard InChI is InChI=1S/C42H54N4O8/c1-6-44(7-2)29-17-19-30(20-18-29)45-23-13-9-12-16-34(48)43-32(26-52-5)37(28-14-10-8-11-15-28)53-41(51)35-33-21-22-42(54-33)36(35)39(49)46(38(42)40(45)50)31(25-47)24-27(3)4/h8-11,13-15,17-22,27,31-33,35-38,47H,6-7,12,16,23-26H2,1-5H3,(H,43,48)/b13-9-/t31-,32-,33+,35-,36-,37-,38+,42-/m1/s1. The molecule has 0 unspecified atom stereocenters. The summed E-state index contributed by atoms with van der Waals surface area (Å²) in [6, 6.07) is 14.2. The van der Waals surface area contributed by atoms with Crippen molar-refractivity contribution in [2.75, 3.05) is 49.8 Å². The molecule has 0 radical (unpaired) electrons. The summed E-state index contributed by atoms with van der Waals surface area (Å²) in [5.74, 6) is -3.83. The van der Waals surface area contributed by atoms with Crippen LogP contribution in [-0.4, -0.2) is 103 Å². The molecule has 2 fully saturated rings. The van der Waals surface area contributed by atoms with E-state index in [2.05, 4.69) is 24.1 Å². The average Bonchev–Trinajstić information content (AvgIpc) is 3.82. The van der Waals surface area contributed by atoms with E-state index in [1.807, 2.05) is 80.6 Å². The molecule has 290 valence electrons. The molecule has 6 rings (SSSR count). The number of anilines is 2. The number of rotatable bonds is 11. The zero-order valence-electron chi connectivity index (χ0n) is 31.9. The number of hydrogen-bond donors (Lipinski definition) is 2. The van der Waals surface area contributed by atoms with Crippen LogP contribution in [0, 0.1) is 17.8 Å². The lowest BCUT2D eigenvalue weighted by atomic mass is 9.74. The Kier molecular flexibility index (Phi) is 12.2. The maximum Gasteiger partial charge on any atom is 0.313 e. The minimum atomic E-state index is -1.48. The minimum absolute atomic E-state index is 0.0605. The van der Waals surface area contributed by atoms with Crippen LogP contribution in [0.2, 0.25) is 0 Å². The van der Waals surface area contributed by atoms with E-state index in [0.717, 1.165) is 18.8 Å². The molecule has 2 saturated heterocycles. The van der Waals surface area contributed by atoms with Gasteiger partial charge in [-0.05, 0) is 62.4 Å². The van der Waals surface area contributed by atoms with E-state index in [0.29, 0.717) is 24.1 Å². The van der Waals surface area contributed by atoms with Crippen LogP contribution in [0.5, 0.6) is 0 Å². The second-order valence-corrected chi connectivity index (χ2v) is 15.0. The Hall–Kier alpha value is -4.52. The number of cyclic esters (lactones) is 1. The largest absolute Gasteiger partial charge is 0.455 e. The number of fused-ring (bicyclic) bond motifs is 2. The van der Waals surface area contributed by atoms with Gasteiger partial charge in [0.2, 0.25) is 11.8 Å². The zero-order valence-corrected chi connectivity index (χ0v) is 31.9. The van der Waals surface area contributed by atoms with Gasteiger partial charge in [0.15, 0.2) is 0 Å². The fraction of sp³-hybridized carbons (Fsp3) is 0.524. The molecule has 2 aromatic rings. The number of hydrogen-bond acceptors (Lipinski definition) is 9. The number of nitrogens with zero attached hydrogens (tertiary/aromatic N) is 3. The topological polar surface area (TPSA) is 138 Å². The predicted octanol–water partition coefficient (Wildman–Crippen LogP) is 4.19. The molecule has 2 aromatic carbocycles. The maximum absolute atomic E-state index is 15.3. The van der Waals surface area contributed by atoms with E-state index in [1.165, 1.54) is 12.0 Å². The first-order valence-electron chi connectivity index (χ1n) is 19.2. The average molecular weight is 743 g/mol. The van der Waals surface area contributed by atoms with Crippen molar-refractivity contribution in [2.24, 2.45) is 17.8 Å². The molecule has 4 heterocycles. The van der Waals surface area contributed by atoms with Crippen molar-refractivity contribution >= 4 is 35.1 Å². The Labute approximate surface area is 318 Å². The first-order valence-corrected chi connectivity index (χ1v) is 19.2. The molecule has 0 aromatic heterocycles. The Morgan fingerprint density at radius 3 is 2.37 bits per heavy atom. The number of esters is 1. The third-order valence-electron chi connectivity index (χ3n) is 11.1. The number of benzene rings is 2. The number of ether oxygens (including phenoxy) is 3. The van der Waals surface area contributed by atoms with Crippen molar-refractivity contribution in [2.45, 2.75) is 82.9 Å². The van der Waals surface area contributed by atoms with Gasteiger partial charge in [-0.1, -0.05) is 68.5 Å². The Balaban J connectivity index is 1.47. The van der Waals surface area contributed by atoms with Crippen molar-refractivity contribution < 1.29 is 38.5 Å². The van der Waals surface area contributed by atoms with Gasteiger partial charge in [0.1, 0.15) is 23.7 Å². The lowest BCUT2D eigenvalue weighted by molar-refractivity contribution is -0.162. The Morgan fingerprint density at radius 1 is 1.00 bits per heavy atom. The van der Waals surface area contributed by atoms with Gasteiger partial charge in [-0.25, -0.2) is 0 Å². The van der Waals surface area contributed by atoms with Crippen molar-refractivity contribution in [3.05, 3.63) is 84.5 Å². The highest BCUT2D eigenvalue weighted by molar-refractivity contribution is 6.05. The summed E-state index contributed by atoms with van der Waals surface area (Å²) in [5, 5.41) is 13.8. The van der Waals surface area contributed by atoms with Gasteiger partial charge in [-0.15, -0.1) is 0 Å². The third-order valence-corrected chi connectivity index (χ3v) is 11.1. The molecule has 5 bridgehead atoms. The second kappa shape index (κ2) is 16.9. The fourth-order valence-corrected chi connectivity index (χ4v) is 8.68. The molecule has 4 aliphatic rings. The molecular weight excluding hydrogens is 688 g/mol. The lowest BCUT2D eigenvalue weighted by Crippen LogP contribution is -2.59. The normalized spacial score (nSPS) is 29.7. The van der Waals surface area contributed by atoms with Crippen LogP contribution < -0.4 is 15.1 Å². The SMILES string of the molecule is CCN(CC)c1ccc(N2C/C=C\CCC(=O)N[C@H](COC)[C@@H](c3ccccc3)OC(=O)[C@@H]3[C@@H]4C=C[C@]5(O4)[C@H](C2=O)N([C@@H](CO)CC(C)C)C(=O)[C@@H]35)cc1. The van der Waals surface area contributed by atoms with E-state index < -0.39 is 65.6 Å². The molecule has 8 atom stereocenters. The third kappa shape index (κ3) is 7.43. The molecule has 12 nitrogen and oxygen atoms in total. The van der Waals surface area contributed by atoms with Gasteiger partial charge in [-0.2, -0.15) is 0 Å². The minimum Gasteiger partial charge on any atom is -0.455 e. The first-order chi connectivity index (χ1) is 26.1. The van der Waals surface area contributed by atoms with Gasteiger partial charge in [0.05, 0.1) is 37.3 Å². The van der Waals surface area contributed by atoms with Gasteiger partial charge >= 0.3 is 5.97 Å². The summed E-state index contributed by atoms with van der Waals surface area (Å²) in [5.41, 5.74) is 0.799. The number of amides is 3. The molecular formula is C42H54N4O8. The highest BCUT2D eigenvalue weighted by Gasteiger charge is 2.74. The summed E-state index contributed by atoms with van der Waals surface area (Å²) < 4.78 is 18.5. The van der Waals surface area contributed by atoms with E-state index in [4.69, 9.17) is 14.2 Å². The van der Waals surface area contributed by atoms with E-state index >= 15 is 4.79 Å². The van der Waals surface area contributed by atoms with Crippen molar-refractivity contribution in [1.82, 2.24) is 10.2 Å². The van der Waals surface area contributed by atoms with E-state index in [9.17, 15) is 19.5 Å². The second-order valence-electron chi connectivity index (χ2n) is 15.0. The van der Waals surface area contributed by atoms with Crippen molar-refractivity contribution in [3.8, 4) is 0 Å². The highest BCUT2D eigenvalue weighted by Crippen LogP contribution is 2.56. The molecule has 2 N–H and O–H groups in total. The van der Waals surface area contributed by atoms with Gasteiger partial charge in [0, 0.05) is 44.5 Å². The summed E-state index contributed by atoms with van der Waals surface area (Å²) in [7, 11) is 1.51. The number of carbonyl (C=O) groups is 4. The van der Waals surface area contributed by atoms with Gasteiger partial charge in [-0.3, -0.25) is 19.2 Å². The van der Waals surface area contributed by atoms with Gasteiger partial charge < -0.3 is 39.3 Å². The quantitative estimate of drug-likeness (QED) is 0.257. The number of carbonyl (C=O) groups excluding carboxylic acids is 4. The molecule has 1 spiro atoms. The van der Waals surface area contributed by atoms with Crippen LogP contribution in [0.3, 0.4) is 0 Å². The maximum atomic E-state index is 15.3. The predicted molar refractivity (Wildman–Crippen MR) is 204 cm³/mol. The van der Waals surface area contributed by atoms with Crippen molar-refractivity contribution in [3.63, 3.8) is 0 Å². The van der Waals surface area contributed by atoms with Crippen LogP contribution in [0.4, 0.5) is 11.4 Å². The number of aliphatic hydroxyl groups excluding tert-OH is 1. The summed E-state index contributed by atoms with van der Waals surface area (Å²) >= 11 is 0. The Bertz CT molecular complexity index is 1710. The molecule has 3 amide bonds. The van der Waals surface area contributed by atoms with Crippen LogP contribution in [0.1, 0.15) is 58.6 Å². The zero-order chi connectivity index (χ0) is 38.6. The monoisotopic (exact) mass is 742 g/mol. The lowest BCUT2D eigenvalue weighted by Gasteiger charge is -2.39. The number of aliphatic hydroxyl groups is 1. The smallest absolute Gasteiger partial charge is 0.313 e. The van der Waals surface area contributed by atoms with Crippen LogP contribution in [-0.2, 0) is 33.4 Å². The Morgan fingerprint density at radius 2 is 1.72 bits per heavy atom. The molecule has 54 heavy (non-hydrogen) atoms. The first kappa shape index (κ1) is 39.2. The number of likely N-dealkylation sites (tertiary alicyclic amines) is 1. The van der Waals surface area contributed by atoms with Crippen molar-refractivity contribution in [1.29, 1.82) is 0 Å². The summed E-state index contributed by atoms with van der Waals surface area (Å²) in [6.45, 7) is 9.66. The van der Waals surface area contributed by atoms with Gasteiger partial charge in [0.25, 0.3) is 5.91 Å². The summed E-state index contributed by atoms with van der Waals surface area (Å²) in [4.78, 5) is 63.4. The van der Waals surface area contributed by atoms with Crippen LogP contribution in [0.15, 0.2) is 78.9 Å². The number of nitrogens with one attached hydrogen (secondary N) is 1. The molecule has 0 saturated carbocycles. The number of methoxy groups -OCH3 is 1. The van der Waals surface area contributed by atoms with Crippen LogP contribution >= 0.6 is 0 Å². The molecule has 4 aliphatic heterocycles.